The summed E-state index contributed by atoms with van der Waals surface area (Å²) in [7, 11) is 4.08. The molecule has 3 rings (SSSR count). The molecule has 0 fully saturated rings. The van der Waals surface area contributed by atoms with Crippen LogP contribution in [0, 0.1) is 5.92 Å². The minimum atomic E-state index is -0.0849. The number of likely N-dealkylation sites (N-methyl/N-ethyl adjacent to an activating group) is 1. The summed E-state index contributed by atoms with van der Waals surface area (Å²) in [5, 5.41) is 3.95. The van der Waals surface area contributed by atoms with Gasteiger partial charge in [-0.25, -0.2) is 4.98 Å². The van der Waals surface area contributed by atoms with Crippen molar-refractivity contribution in [3.63, 3.8) is 0 Å². The van der Waals surface area contributed by atoms with Gasteiger partial charge in [-0.05, 0) is 44.3 Å². The van der Waals surface area contributed by atoms with E-state index >= 15 is 0 Å². The summed E-state index contributed by atoms with van der Waals surface area (Å²) >= 11 is 0. The number of carbonyl (C=O) groups is 1. The Hall–Kier alpha value is -2.79. The molecule has 140 valence electrons. The second kappa shape index (κ2) is 8.27. The number of nitrogens with one attached hydrogen (secondary N) is 1. The highest BCUT2D eigenvalue weighted by atomic mass is 16.1. The molecule has 0 aliphatic rings. The Balaban J connectivity index is 1.96. The predicted octanol–water partition coefficient (Wildman–Crippen LogP) is 3.61. The number of hydrogen-bond donors (Lipinski definition) is 1. The Kier molecular flexibility index (Phi) is 5.81. The lowest BCUT2D eigenvalue weighted by atomic mass is 10.0. The average molecular weight is 362 g/mol. The predicted molar refractivity (Wildman–Crippen MR) is 110 cm³/mol. The maximum Gasteiger partial charge on any atom is 0.252 e. The molecule has 0 saturated heterocycles. The van der Waals surface area contributed by atoms with Crippen LogP contribution in [-0.2, 0) is 0 Å². The minimum Gasteiger partial charge on any atom is -0.350 e. The molecule has 1 N–H and O–H groups in total. The number of rotatable bonds is 6. The van der Waals surface area contributed by atoms with Crippen LogP contribution in [0.4, 0.5) is 0 Å². The van der Waals surface area contributed by atoms with Gasteiger partial charge in [-0.1, -0.05) is 38.1 Å². The molecule has 0 aliphatic carbocycles. The quantitative estimate of drug-likeness (QED) is 0.728. The number of amides is 1. The lowest BCUT2D eigenvalue weighted by Gasteiger charge is -2.28. The molecule has 0 radical (unpaired) electrons. The number of nitrogens with zero attached hydrogens (tertiary/aromatic N) is 3. The average Bonchev–Trinajstić information content (AvgIpc) is 2.67. The van der Waals surface area contributed by atoms with Crippen molar-refractivity contribution in [1.82, 2.24) is 20.2 Å². The van der Waals surface area contributed by atoms with E-state index < -0.39 is 0 Å². The zero-order valence-corrected chi connectivity index (χ0v) is 16.3. The molecule has 0 saturated carbocycles. The molecule has 1 amide bonds. The van der Waals surface area contributed by atoms with Crippen LogP contribution in [0.15, 0.2) is 54.7 Å². The van der Waals surface area contributed by atoms with Crippen LogP contribution in [0.5, 0.6) is 0 Å². The normalized spacial score (nSPS) is 12.5. The SMILES string of the molecule is CC(C)C(CNC(=O)c1cc(-c2ccccn2)nc2ccccc12)N(C)C. The van der Waals surface area contributed by atoms with Gasteiger partial charge >= 0.3 is 0 Å². The number of carbonyl (C=O) groups excluding carboxylic acids is 1. The second-order valence-electron chi connectivity index (χ2n) is 7.27. The molecule has 5 heteroatoms. The Morgan fingerprint density at radius 1 is 1.07 bits per heavy atom. The molecule has 1 unspecified atom stereocenters. The van der Waals surface area contributed by atoms with Crippen molar-refractivity contribution in [2.24, 2.45) is 5.92 Å². The van der Waals surface area contributed by atoms with Gasteiger partial charge in [0.2, 0.25) is 0 Å². The van der Waals surface area contributed by atoms with Crippen LogP contribution in [0.2, 0.25) is 0 Å². The number of para-hydroxylation sites is 1. The van der Waals surface area contributed by atoms with E-state index in [1.165, 1.54) is 0 Å². The maximum absolute atomic E-state index is 13.0. The number of pyridine rings is 2. The monoisotopic (exact) mass is 362 g/mol. The maximum atomic E-state index is 13.0. The van der Waals surface area contributed by atoms with Gasteiger partial charge in [-0.3, -0.25) is 9.78 Å². The van der Waals surface area contributed by atoms with E-state index in [1.54, 1.807) is 6.20 Å². The van der Waals surface area contributed by atoms with Crippen LogP contribution in [-0.4, -0.2) is 47.5 Å². The van der Waals surface area contributed by atoms with Crippen molar-refractivity contribution >= 4 is 16.8 Å². The summed E-state index contributed by atoms with van der Waals surface area (Å²) < 4.78 is 0. The van der Waals surface area contributed by atoms with E-state index in [9.17, 15) is 4.79 Å². The fourth-order valence-electron chi connectivity index (χ4n) is 3.32. The van der Waals surface area contributed by atoms with Gasteiger partial charge in [0.1, 0.15) is 0 Å². The highest BCUT2D eigenvalue weighted by Gasteiger charge is 2.19. The molecule has 3 aromatic rings. The minimum absolute atomic E-state index is 0.0849. The van der Waals surface area contributed by atoms with Crippen molar-refractivity contribution in [2.45, 2.75) is 19.9 Å². The van der Waals surface area contributed by atoms with Crippen molar-refractivity contribution in [1.29, 1.82) is 0 Å². The molecular weight excluding hydrogens is 336 g/mol. The number of hydrogen-bond acceptors (Lipinski definition) is 4. The Labute approximate surface area is 160 Å². The van der Waals surface area contributed by atoms with Crippen molar-refractivity contribution in [3.05, 3.63) is 60.3 Å². The molecule has 27 heavy (non-hydrogen) atoms. The highest BCUT2D eigenvalue weighted by molar-refractivity contribution is 6.07. The molecule has 0 bridgehead atoms. The third kappa shape index (κ3) is 4.31. The molecule has 0 aliphatic heterocycles. The zero-order valence-electron chi connectivity index (χ0n) is 16.3. The number of fused-ring (bicyclic) bond motifs is 1. The first kappa shape index (κ1) is 19.0. The fraction of sp³-hybridized carbons (Fsp3) is 0.318. The van der Waals surface area contributed by atoms with E-state index in [0.717, 1.165) is 16.6 Å². The first-order valence-electron chi connectivity index (χ1n) is 9.23. The summed E-state index contributed by atoms with van der Waals surface area (Å²) in [5.41, 5.74) is 2.87. The molecule has 1 aromatic carbocycles. The zero-order chi connectivity index (χ0) is 19.4. The number of benzene rings is 1. The smallest absolute Gasteiger partial charge is 0.252 e. The van der Waals surface area contributed by atoms with Crippen LogP contribution in [0.25, 0.3) is 22.3 Å². The first-order chi connectivity index (χ1) is 13.0. The summed E-state index contributed by atoms with van der Waals surface area (Å²) in [6.07, 6.45) is 1.73. The van der Waals surface area contributed by atoms with Gasteiger partial charge in [0.25, 0.3) is 5.91 Å². The van der Waals surface area contributed by atoms with Crippen LogP contribution < -0.4 is 5.32 Å². The van der Waals surface area contributed by atoms with E-state index in [1.807, 2.05) is 62.6 Å². The molecule has 5 nitrogen and oxygen atoms in total. The van der Waals surface area contributed by atoms with E-state index in [2.05, 4.69) is 34.0 Å². The Bertz CT molecular complexity index is 914. The van der Waals surface area contributed by atoms with Crippen molar-refractivity contribution in [3.8, 4) is 11.4 Å². The van der Waals surface area contributed by atoms with Gasteiger partial charge < -0.3 is 10.2 Å². The third-order valence-electron chi connectivity index (χ3n) is 4.79. The fourth-order valence-corrected chi connectivity index (χ4v) is 3.32. The van der Waals surface area contributed by atoms with Crippen molar-refractivity contribution in [2.75, 3.05) is 20.6 Å². The molecule has 2 heterocycles. The summed E-state index contributed by atoms with van der Waals surface area (Å²) in [4.78, 5) is 24.2. The largest absolute Gasteiger partial charge is 0.350 e. The Morgan fingerprint density at radius 3 is 2.48 bits per heavy atom. The lowest BCUT2D eigenvalue weighted by Crippen LogP contribution is -2.43. The van der Waals surface area contributed by atoms with Gasteiger partial charge in [0.15, 0.2) is 0 Å². The first-order valence-corrected chi connectivity index (χ1v) is 9.23. The topological polar surface area (TPSA) is 58.1 Å². The molecule has 0 spiro atoms. The van der Waals surface area contributed by atoms with E-state index in [0.29, 0.717) is 23.7 Å². The summed E-state index contributed by atoms with van der Waals surface area (Å²) in [6, 6.07) is 15.5. The van der Waals surface area contributed by atoms with Crippen LogP contribution >= 0.6 is 0 Å². The van der Waals surface area contributed by atoms with Crippen LogP contribution in [0.1, 0.15) is 24.2 Å². The third-order valence-corrected chi connectivity index (χ3v) is 4.79. The standard InChI is InChI=1S/C22H26N4O/c1-15(2)21(26(3)4)14-24-22(27)17-13-20(19-11-7-8-12-23-19)25-18-10-6-5-9-16(17)18/h5-13,15,21H,14H2,1-4H3,(H,24,27). The van der Waals surface area contributed by atoms with Gasteiger partial charge in [-0.2, -0.15) is 0 Å². The van der Waals surface area contributed by atoms with Crippen molar-refractivity contribution < 1.29 is 4.79 Å². The molecular formula is C22H26N4O. The summed E-state index contributed by atoms with van der Waals surface area (Å²) in [5.74, 6) is 0.358. The highest BCUT2D eigenvalue weighted by Crippen LogP contribution is 2.23. The lowest BCUT2D eigenvalue weighted by molar-refractivity contribution is 0.0936. The summed E-state index contributed by atoms with van der Waals surface area (Å²) in [6.45, 7) is 4.93. The van der Waals surface area contributed by atoms with E-state index in [4.69, 9.17) is 0 Å². The van der Waals surface area contributed by atoms with Gasteiger partial charge in [-0.15, -0.1) is 0 Å². The second-order valence-corrected chi connectivity index (χ2v) is 7.27. The number of aromatic nitrogens is 2. The van der Waals surface area contributed by atoms with Gasteiger partial charge in [0, 0.05) is 24.2 Å². The Morgan fingerprint density at radius 2 is 1.81 bits per heavy atom. The molecule has 2 aromatic heterocycles. The molecule has 1 atom stereocenters. The van der Waals surface area contributed by atoms with Crippen LogP contribution in [0.3, 0.4) is 0 Å². The van der Waals surface area contributed by atoms with E-state index in [-0.39, 0.29) is 11.9 Å². The van der Waals surface area contributed by atoms with Gasteiger partial charge in [0.05, 0.1) is 22.5 Å².